The highest BCUT2D eigenvalue weighted by atomic mass is 16.2. The molecule has 5 nitrogen and oxygen atoms in total. The summed E-state index contributed by atoms with van der Waals surface area (Å²) in [5, 5.41) is 2.36. The Morgan fingerprint density at radius 3 is 2.46 bits per heavy atom. The summed E-state index contributed by atoms with van der Waals surface area (Å²) in [4.78, 5) is 38.0. The van der Waals surface area contributed by atoms with E-state index in [-0.39, 0.29) is 17.7 Å². The van der Waals surface area contributed by atoms with Crippen LogP contribution >= 0.6 is 0 Å². The predicted molar refractivity (Wildman–Crippen MR) is 95.3 cm³/mol. The summed E-state index contributed by atoms with van der Waals surface area (Å²) in [6.07, 6.45) is 7.45. The van der Waals surface area contributed by atoms with Gasteiger partial charge >= 0.3 is 0 Å². The van der Waals surface area contributed by atoms with Crippen LogP contribution in [0.25, 0.3) is 0 Å². The number of hydrogen-bond acceptors (Lipinski definition) is 3. The lowest BCUT2D eigenvalue weighted by molar-refractivity contribution is -0.136. The van der Waals surface area contributed by atoms with E-state index in [1.54, 1.807) is 4.90 Å². The Balaban J connectivity index is 1.37. The van der Waals surface area contributed by atoms with E-state index in [9.17, 15) is 14.4 Å². The SMILES string of the molecule is O=C1CC[C@@H](N2Cc3cc([C@H]4C[C@@H]5CC[C@@H](C5)C4)ccc3C2=O)C(=O)N1. The molecule has 2 aliphatic carbocycles. The van der Waals surface area contributed by atoms with E-state index in [0.29, 0.717) is 25.3 Å². The molecule has 1 aromatic carbocycles. The van der Waals surface area contributed by atoms with Crippen molar-refractivity contribution in [1.29, 1.82) is 0 Å². The van der Waals surface area contributed by atoms with Crippen LogP contribution in [0.5, 0.6) is 0 Å². The maximum Gasteiger partial charge on any atom is 0.255 e. The maximum atomic E-state index is 12.8. The highest BCUT2D eigenvalue weighted by Crippen LogP contribution is 2.48. The molecule has 3 amide bonds. The van der Waals surface area contributed by atoms with Gasteiger partial charge in [-0.1, -0.05) is 25.0 Å². The topological polar surface area (TPSA) is 66.5 Å². The number of carbonyl (C=O) groups is 3. The van der Waals surface area contributed by atoms with Crippen molar-refractivity contribution in [3.8, 4) is 0 Å². The minimum atomic E-state index is -0.526. The molecule has 0 spiro atoms. The van der Waals surface area contributed by atoms with Crippen molar-refractivity contribution in [2.24, 2.45) is 11.8 Å². The largest absolute Gasteiger partial charge is 0.322 e. The van der Waals surface area contributed by atoms with E-state index in [1.165, 1.54) is 37.7 Å². The van der Waals surface area contributed by atoms with E-state index in [2.05, 4.69) is 17.4 Å². The summed E-state index contributed by atoms with van der Waals surface area (Å²) in [6, 6.07) is 5.76. The summed E-state index contributed by atoms with van der Waals surface area (Å²) in [7, 11) is 0. The molecule has 4 aliphatic rings. The van der Waals surface area contributed by atoms with Gasteiger partial charge in [0, 0.05) is 18.5 Å². The molecule has 1 N–H and O–H groups in total. The van der Waals surface area contributed by atoms with E-state index >= 15 is 0 Å². The number of benzene rings is 1. The number of nitrogens with one attached hydrogen (secondary N) is 1. The summed E-state index contributed by atoms with van der Waals surface area (Å²) in [5.41, 5.74) is 3.12. The Hall–Kier alpha value is -2.17. The van der Waals surface area contributed by atoms with Gasteiger partial charge in [0.05, 0.1) is 0 Å². The van der Waals surface area contributed by atoms with Crippen LogP contribution in [0, 0.1) is 11.8 Å². The zero-order chi connectivity index (χ0) is 17.8. The quantitative estimate of drug-likeness (QED) is 0.832. The monoisotopic (exact) mass is 352 g/mol. The molecule has 2 aliphatic heterocycles. The number of nitrogens with zero attached hydrogens (tertiary/aromatic N) is 1. The Kier molecular flexibility index (Phi) is 3.66. The molecule has 0 aromatic heterocycles. The van der Waals surface area contributed by atoms with Crippen LogP contribution in [0.3, 0.4) is 0 Å². The maximum absolute atomic E-state index is 12.8. The average molecular weight is 352 g/mol. The normalized spacial score (nSPS) is 33.4. The molecular formula is C21H24N2O3. The van der Waals surface area contributed by atoms with Crippen molar-refractivity contribution in [2.75, 3.05) is 0 Å². The van der Waals surface area contributed by atoms with Crippen LogP contribution in [0.15, 0.2) is 18.2 Å². The molecule has 2 heterocycles. The van der Waals surface area contributed by atoms with Gasteiger partial charge in [0.25, 0.3) is 5.91 Å². The number of carbonyl (C=O) groups excluding carboxylic acids is 3. The van der Waals surface area contributed by atoms with Crippen LogP contribution in [-0.4, -0.2) is 28.7 Å². The van der Waals surface area contributed by atoms with Gasteiger partial charge in [-0.25, -0.2) is 0 Å². The van der Waals surface area contributed by atoms with Gasteiger partial charge in [-0.2, -0.15) is 0 Å². The molecular weight excluding hydrogens is 328 g/mol. The van der Waals surface area contributed by atoms with Crippen molar-refractivity contribution >= 4 is 17.7 Å². The summed E-state index contributed by atoms with van der Waals surface area (Å²) in [5.74, 6) is 1.72. The van der Waals surface area contributed by atoms with Crippen LogP contribution in [-0.2, 0) is 16.1 Å². The van der Waals surface area contributed by atoms with Gasteiger partial charge in [-0.05, 0) is 60.6 Å². The lowest BCUT2D eigenvalue weighted by Gasteiger charge is -2.29. The third-order valence-electron chi connectivity index (χ3n) is 6.90. The summed E-state index contributed by atoms with van der Waals surface area (Å²) in [6.45, 7) is 0.480. The van der Waals surface area contributed by atoms with Gasteiger partial charge in [0.1, 0.15) is 6.04 Å². The molecule has 0 radical (unpaired) electrons. The fourth-order valence-corrected chi connectivity index (χ4v) is 5.63. The van der Waals surface area contributed by atoms with E-state index in [1.807, 2.05) is 6.07 Å². The lowest BCUT2D eigenvalue weighted by Crippen LogP contribution is -2.52. The van der Waals surface area contributed by atoms with Crippen molar-refractivity contribution in [1.82, 2.24) is 10.2 Å². The number of fused-ring (bicyclic) bond motifs is 3. The van der Waals surface area contributed by atoms with Gasteiger partial charge in [0.15, 0.2) is 0 Å². The first-order chi connectivity index (χ1) is 12.6. The summed E-state index contributed by atoms with van der Waals surface area (Å²) >= 11 is 0. The van der Waals surface area contributed by atoms with E-state index in [0.717, 1.165) is 23.0 Å². The lowest BCUT2D eigenvalue weighted by atomic mass is 9.77. The third-order valence-corrected chi connectivity index (χ3v) is 6.90. The van der Waals surface area contributed by atoms with Crippen molar-refractivity contribution in [3.63, 3.8) is 0 Å². The van der Waals surface area contributed by atoms with Gasteiger partial charge in [-0.15, -0.1) is 0 Å². The zero-order valence-corrected chi connectivity index (χ0v) is 14.9. The minimum Gasteiger partial charge on any atom is -0.322 e. The molecule has 0 unspecified atom stereocenters. The van der Waals surface area contributed by atoms with E-state index in [4.69, 9.17) is 0 Å². The second-order valence-corrected chi connectivity index (χ2v) is 8.53. The molecule has 1 saturated heterocycles. The van der Waals surface area contributed by atoms with Crippen LogP contribution in [0.4, 0.5) is 0 Å². The minimum absolute atomic E-state index is 0.0789. The highest BCUT2D eigenvalue weighted by Gasteiger charge is 2.40. The number of amides is 3. The second kappa shape index (κ2) is 5.93. The van der Waals surface area contributed by atoms with E-state index < -0.39 is 6.04 Å². The molecule has 5 rings (SSSR count). The van der Waals surface area contributed by atoms with Crippen LogP contribution in [0.1, 0.15) is 72.3 Å². The fourth-order valence-electron chi connectivity index (χ4n) is 5.63. The molecule has 4 atom stereocenters. The molecule has 3 fully saturated rings. The first kappa shape index (κ1) is 16.0. The van der Waals surface area contributed by atoms with Gasteiger partial charge in [0.2, 0.25) is 11.8 Å². The van der Waals surface area contributed by atoms with Gasteiger partial charge < -0.3 is 4.90 Å². The zero-order valence-electron chi connectivity index (χ0n) is 14.9. The Morgan fingerprint density at radius 2 is 1.73 bits per heavy atom. The molecule has 5 heteroatoms. The van der Waals surface area contributed by atoms with Crippen molar-refractivity contribution in [3.05, 3.63) is 34.9 Å². The first-order valence-corrected chi connectivity index (χ1v) is 9.86. The van der Waals surface area contributed by atoms with Crippen LogP contribution in [0.2, 0.25) is 0 Å². The predicted octanol–water partition coefficient (Wildman–Crippen LogP) is 2.74. The number of hydrogen-bond donors (Lipinski definition) is 1. The third kappa shape index (κ3) is 2.56. The highest BCUT2D eigenvalue weighted by molar-refractivity contribution is 6.05. The Bertz CT molecular complexity index is 790. The molecule has 136 valence electrons. The molecule has 1 aromatic rings. The first-order valence-electron chi connectivity index (χ1n) is 9.86. The Labute approximate surface area is 153 Å². The standard InChI is InChI=1S/C21H24N2O3/c24-19-6-5-18(20(25)22-19)23-11-16-10-14(3-4-17(16)21(23)26)15-8-12-1-2-13(7-12)9-15/h3-4,10,12-13,15,18H,1-2,5-9,11H2,(H,22,24,25)/t12-,13+,15+,18-/m1/s1. The second-order valence-electron chi connectivity index (χ2n) is 8.53. The van der Waals surface area contributed by atoms with Crippen LogP contribution < -0.4 is 5.32 Å². The smallest absolute Gasteiger partial charge is 0.255 e. The number of rotatable bonds is 2. The Morgan fingerprint density at radius 1 is 0.962 bits per heavy atom. The molecule has 26 heavy (non-hydrogen) atoms. The number of piperidine rings is 1. The average Bonchev–Trinajstić information content (AvgIpc) is 3.13. The van der Waals surface area contributed by atoms with Gasteiger partial charge in [-0.3, -0.25) is 19.7 Å². The number of imide groups is 1. The van der Waals surface area contributed by atoms with Crippen molar-refractivity contribution < 1.29 is 14.4 Å². The summed E-state index contributed by atoms with van der Waals surface area (Å²) < 4.78 is 0. The van der Waals surface area contributed by atoms with Crippen molar-refractivity contribution in [2.45, 2.75) is 63.5 Å². The molecule has 2 saturated carbocycles. The fraction of sp³-hybridized carbons (Fsp3) is 0.571. The molecule has 2 bridgehead atoms.